The third-order valence-electron chi connectivity index (χ3n) is 11.6. The maximum absolute atomic E-state index is 2.47. The minimum atomic E-state index is 1.13. The molecule has 9 aromatic carbocycles. The van der Waals surface area contributed by atoms with Crippen molar-refractivity contribution in [3.05, 3.63) is 200 Å². The standard InChI is InChI=1S/C52H33N3/c1-2-15-34(16-3-1)44-33-38(31-35-17-4-5-20-39(35)44)55-48-28-13-9-24-43(48)52-50(55)30-29-49-51(52)42-23-8-12-27-47(42)54(49)37-19-14-18-36(32-37)53-45-25-10-6-21-40(45)41-22-7-11-26-46(41)53/h1-33H. The SMILES string of the molecule is c1ccc(-c2cc(-n3c4ccccc4c4c5c6ccccc6n(-c6cccc(-n7c8ccccc8c8ccccc87)c6)c5ccc43)cc3ccccc23)cc1. The molecule has 3 nitrogen and oxygen atoms in total. The van der Waals surface area contributed by atoms with Crippen molar-refractivity contribution >= 4 is 76.2 Å². The third-order valence-corrected chi connectivity index (χ3v) is 11.6. The Morgan fingerprint density at radius 1 is 0.255 bits per heavy atom. The Morgan fingerprint density at radius 3 is 1.27 bits per heavy atom. The average Bonchev–Trinajstić information content (AvgIpc) is 3.89. The second kappa shape index (κ2) is 11.6. The van der Waals surface area contributed by atoms with Crippen molar-refractivity contribution in [1.29, 1.82) is 0 Å². The lowest BCUT2D eigenvalue weighted by atomic mass is 9.97. The van der Waals surface area contributed by atoms with Gasteiger partial charge in [0, 0.05) is 49.4 Å². The highest BCUT2D eigenvalue weighted by Gasteiger charge is 2.22. The molecule has 0 bridgehead atoms. The number of aromatic nitrogens is 3. The molecule has 0 fully saturated rings. The topological polar surface area (TPSA) is 14.8 Å². The van der Waals surface area contributed by atoms with E-state index >= 15 is 0 Å². The fraction of sp³-hybridized carbons (Fsp3) is 0. The van der Waals surface area contributed by atoms with Crippen LogP contribution in [0.1, 0.15) is 0 Å². The molecular formula is C52H33N3. The summed E-state index contributed by atoms with van der Waals surface area (Å²) in [7, 11) is 0. The summed E-state index contributed by atoms with van der Waals surface area (Å²) in [4.78, 5) is 0. The molecule has 0 aliphatic rings. The van der Waals surface area contributed by atoms with Gasteiger partial charge in [-0.25, -0.2) is 0 Å². The van der Waals surface area contributed by atoms with Gasteiger partial charge in [-0.15, -0.1) is 0 Å². The molecule has 0 saturated heterocycles. The van der Waals surface area contributed by atoms with Crippen LogP contribution in [0.3, 0.4) is 0 Å². The van der Waals surface area contributed by atoms with Gasteiger partial charge in [-0.2, -0.15) is 0 Å². The van der Waals surface area contributed by atoms with Gasteiger partial charge in [-0.05, 0) is 88.6 Å². The smallest absolute Gasteiger partial charge is 0.0548 e. The lowest BCUT2D eigenvalue weighted by Crippen LogP contribution is -1.98. The third kappa shape index (κ3) is 4.32. The second-order valence-electron chi connectivity index (χ2n) is 14.5. The van der Waals surface area contributed by atoms with Crippen LogP contribution < -0.4 is 0 Å². The van der Waals surface area contributed by atoms with Gasteiger partial charge < -0.3 is 13.7 Å². The van der Waals surface area contributed by atoms with E-state index in [2.05, 4.69) is 214 Å². The Balaban J connectivity index is 1.14. The summed E-state index contributed by atoms with van der Waals surface area (Å²) < 4.78 is 7.33. The van der Waals surface area contributed by atoms with Crippen LogP contribution in [0.4, 0.5) is 0 Å². The van der Waals surface area contributed by atoms with Crippen molar-refractivity contribution in [2.45, 2.75) is 0 Å². The molecule has 12 aromatic rings. The molecule has 0 N–H and O–H groups in total. The first kappa shape index (κ1) is 30.1. The number of hydrogen-bond donors (Lipinski definition) is 0. The number of para-hydroxylation sites is 4. The number of nitrogens with zero attached hydrogens (tertiary/aromatic N) is 3. The molecule has 55 heavy (non-hydrogen) atoms. The fourth-order valence-electron chi connectivity index (χ4n) is 9.33. The van der Waals surface area contributed by atoms with Gasteiger partial charge in [0.15, 0.2) is 0 Å². The molecule has 0 atom stereocenters. The summed E-state index contributed by atoms with van der Waals surface area (Å²) in [6.07, 6.45) is 0. The Labute approximate surface area is 317 Å². The monoisotopic (exact) mass is 699 g/mol. The van der Waals surface area contributed by atoms with E-state index in [4.69, 9.17) is 0 Å². The molecule has 0 spiro atoms. The van der Waals surface area contributed by atoms with Crippen LogP contribution in [0.15, 0.2) is 200 Å². The molecule has 12 rings (SSSR count). The zero-order valence-corrected chi connectivity index (χ0v) is 29.9. The van der Waals surface area contributed by atoms with Gasteiger partial charge >= 0.3 is 0 Å². The van der Waals surface area contributed by atoms with Crippen molar-refractivity contribution in [3.63, 3.8) is 0 Å². The normalized spacial score (nSPS) is 12.0. The lowest BCUT2D eigenvalue weighted by molar-refractivity contribution is 1.13. The van der Waals surface area contributed by atoms with Crippen molar-refractivity contribution in [3.8, 4) is 28.2 Å². The van der Waals surface area contributed by atoms with Gasteiger partial charge in [0.1, 0.15) is 0 Å². The molecule has 0 aliphatic carbocycles. The molecular weight excluding hydrogens is 667 g/mol. The van der Waals surface area contributed by atoms with Gasteiger partial charge in [-0.3, -0.25) is 0 Å². The maximum atomic E-state index is 2.47. The highest BCUT2D eigenvalue weighted by Crippen LogP contribution is 2.44. The molecule has 0 saturated carbocycles. The summed E-state index contributed by atoms with van der Waals surface area (Å²) in [6, 6.07) is 73.2. The highest BCUT2D eigenvalue weighted by atomic mass is 15.0. The largest absolute Gasteiger partial charge is 0.309 e. The zero-order chi connectivity index (χ0) is 36.0. The van der Waals surface area contributed by atoms with Crippen molar-refractivity contribution in [1.82, 2.24) is 13.7 Å². The Bertz CT molecular complexity index is 3430. The van der Waals surface area contributed by atoms with Gasteiger partial charge in [0.05, 0.1) is 33.1 Å². The van der Waals surface area contributed by atoms with Crippen LogP contribution in [0.5, 0.6) is 0 Å². The maximum Gasteiger partial charge on any atom is 0.0548 e. The van der Waals surface area contributed by atoms with E-state index in [-0.39, 0.29) is 0 Å². The van der Waals surface area contributed by atoms with Crippen molar-refractivity contribution in [2.75, 3.05) is 0 Å². The first-order valence-electron chi connectivity index (χ1n) is 18.9. The predicted octanol–water partition coefficient (Wildman–Crippen LogP) is 13.8. The van der Waals surface area contributed by atoms with E-state index in [0.29, 0.717) is 0 Å². The summed E-state index contributed by atoms with van der Waals surface area (Å²) >= 11 is 0. The van der Waals surface area contributed by atoms with E-state index in [9.17, 15) is 0 Å². The first-order valence-corrected chi connectivity index (χ1v) is 18.9. The number of rotatable bonds is 4. The molecule has 0 amide bonds. The Kier molecular flexibility index (Phi) is 6.34. The van der Waals surface area contributed by atoms with E-state index in [1.165, 1.54) is 87.3 Å². The number of fused-ring (bicyclic) bond motifs is 11. The summed E-state index contributed by atoms with van der Waals surface area (Å²) in [5.41, 5.74) is 13.1. The van der Waals surface area contributed by atoms with Crippen LogP contribution in [0.25, 0.3) is 104 Å². The van der Waals surface area contributed by atoms with Crippen LogP contribution in [-0.4, -0.2) is 13.7 Å². The number of benzene rings is 9. The highest BCUT2D eigenvalue weighted by molar-refractivity contribution is 6.29. The van der Waals surface area contributed by atoms with Crippen LogP contribution in [0.2, 0.25) is 0 Å². The quantitative estimate of drug-likeness (QED) is 0.174. The second-order valence-corrected chi connectivity index (χ2v) is 14.5. The molecule has 3 aromatic heterocycles. The Morgan fingerprint density at radius 2 is 0.691 bits per heavy atom. The van der Waals surface area contributed by atoms with Gasteiger partial charge in [-0.1, -0.05) is 133 Å². The van der Waals surface area contributed by atoms with Crippen molar-refractivity contribution in [2.24, 2.45) is 0 Å². The lowest BCUT2D eigenvalue weighted by Gasteiger charge is -2.14. The predicted molar refractivity (Wildman–Crippen MR) is 232 cm³/mol. The molecule has 3 heteroatoms. The molecule has 0 unspecified atom stereocenters. The van der Waals surface area contributed by atoms with E-state index in [1.54, 1.807) is 0 Å². The van der Waals surface area contributed by atoms with Gasteiger partial charge in [0.25, 0.3) is 0 Å². The first-order chi connectivity index (χ1) is 27.3. The van der Waals surface area contributed by atoms with Crippen molar-refractivity contribution < 1.29 is 0 Å². The fourth-order valence-corrected chi connectivity index (χ4v) is 9.33. The Hall–Kier alpha value is -7.36. The van der Waals surface area contributed by atoms with Crippen LogP contribution in [-0.2, 0) is 0 Å². The summed E-state index contributed by atoms with van der Waals surface area (Å²) in [6.45, 7) is 0. The number of hydrogen-bond acceptors (Lipinski definition) is 0. The minimum Gasteiger partial charge on any atom is -0.309 e. The molecule has 0 radical (unpaired) electrons. The van der Waals surface area contributed by atoms with E-state index in [1.807, 2.05) is 0 Å². The minimum absolute atomic E-state index is 1.13. The van der Waals surface area contributed by atoms with E-state index in [0.717, 1.165) is 17.1 Å². The van der Waals surface area contributed by atoms with Gasteiger partial charge in [0.2, 0.25) is 0 Å². The average molecular weight is 700 g/mol. The summed E-state index contributed by atoms with van der Waals surface area (Å²) in [5.74, 6) is 0. The molecule has 3 heterocycles. The zero-order valence-electron chi connectivity index (χ0n) is 29.9. The van der Waals surface area contributed by atoms with Crippen LogP contribution in [0, 0.1) is 0 Å². The molecule has 256 valence electrons. The molecule has 0 aliphatic heterocycles. The van der Waals surface area contributed by atoms with E-state index < -0.39 is 0 Å². The summed E-state index contributed by atoms with van der Waals surface area (Å²) in [5, 5.41) is 10.1. The van der Waals surface area contributed by atoms with Crippen LogP contribution >= 0.6 is 0 Å².